The van der Waals surface area contributed by atoms with Gasteiger partial charge in [-0.05, 0) is 27.7 Å². The van der Waals surface area contributed by atoms with Crippen molar-refractivity contribution in [2.45, 2.75) is 39.3 Å². The van der Waals surface area contributed by atoms with Crippen LogP contribution in [-0.2, 0) is 14.3 Å². The summed E-state index contributed by atoms with van der Waals surface area (Å²) in [6.07, 6.45) is -0.604. The van der Waals surface area contributed by atoms with Crippen LogP contribution in [0.15, 0.2) is 0 Å². The zero-order valence-corrected chi connectivity index (χ0v) is 11.4. The van der Waals surface area contributed by atoms with Crippen LogP contribution in [0.5, 0.6) is 0 Å². The molecule has 0 saturated carbocycles. The molecule has 0 saturated heterocycles. The Labute approximate surface area is 108 Å². The van der Waals surface area contributed by atoms with Gasteiger partial charge in [-0.1, -0.05) is 0 Å². The Morgan fingerprint density at radius 2 is 1.88 bits per heavy atom. The molecule has 0 spiro atoms. The van der Waals surface area contributed by atoms with Crippen molar-refractivity contribution in [1.29, 1.82) is 0 Å². The summed E-state index contributed by atoms with van der Waals surface area (Å²) in [6, 6.07) is -0.868. The van der Waals surface area contributed by atoms with Crippen LogP contribution in [-0.4, -0.2) is 36.9 Å². The summed E-state index contributed by atoms with van der Waals surface area (Å²) in [4.78, 5) is 22.3. The maximum Gasteiger partial charge on any atom is 0.407 e. The normalized spacial score (nSPS) is 12.1. The topological polar surface area (TPSA) is 90.6 Å². The fraction of sp³-hybridized carbons (Fsp3) is 0.800. The van der Waals surface area contributed by atoms with Gasteiger partial charge in [0, 0.05) is 6.54 Å². The molecule has 0 bridgehead atoms. The van der Waals surface area contributed by atoms with Gasteiger partial charge in [0.1, 0.15) is 11.6 Å². The second-order valence-electron chi connectivity index (χ2n) is 4.24. The fourth-order valence-electron chi connectivity index (χ4n) is 0.840. The molecule has 0 radical (unpaired) electrons. The largest absolute Gasteiger partial charge is 0.465 e. The molecule has 0 rings (SSSR count). The van der Waals surface area contributed by atoms with E-state index in [2.05, 4.69) is 10.1 Å². The average Bonchev–Trinajstić information content (AvgIpc) is 2.11. The first-order chi connectivity index (χ1) is 7.26. The molecule has 6 nitrogen and oxygen atoms in total. The van der Waals surface area contributed by atoms with Gasteiger partial charge in [0.15, 0.2) is 0 Å². The summed E-state index contributed by atoms with van der Waals surface area (Å²) in [5, 5.41) is 2.39. The van der Waals surface area contributed by atoms with Crippen LogP contribution in [0.1, 0.15) is 27.7 Å². The summed E-state index contributed by atoms with van der Waals surface area (Å²) < 4.78 is 9.65. The first kappa shape index (κ1) is 18.4. The van der Waals surface area contributed by atoms with Gasteiger partial charge in [0.2, 0.25) is 0 Å². The van der Waals surface area contributed by atoms with Gasteiger partial charge in [0.05, 0.1) is 6.61 Å². The predicted octanol–water partition coefficient (Wildman–Crippen LogP) is 0.823. The number of halogens is 1. The Balaban J connectivity index is 0. The maximum atomic E-state index is 11.2. The molecule has 0 aliphatic rings. The number of hydrogen-bond acceptors (Lipinski definition) is 5. The van der Waals surface area contributed by atoms with Gasteiger partial charge in [-0.2, -0.15) is 0 Å². The van der Waals surface area contributed by atoms with Crippen molar-refractivity contribution in [3.8, 4) is 0 Å². The number of ether oxygens (including phenoxy) is 2. The molecule has 0 aliphatic heterocycles. The van der Waals surface area contributed by atoms with E-state index in [0.29, 0.717) is 0 Å². The van der Waals surface area contributed by atoms with E-state index < -0.39 is 23.7 Å². The van der Waals surface area contributed by atoms with Crippen molar-refractivity contribution in [3.63, 3.8) is 0 Å². The van der Waals surface area contributed by atoms with E-state index in [1.54, 1.807) is 27.7 Å². The molecule has 0 aromatic heterocycles. The zero-order chi connectivity index (χ0) is 12.8. The number of esters is 1. The Bertz CT molecular complexity index is 253. The smallest absolute Gasteiger partial charge is 0.407 e. The molecule has 0 aliphatic carbocycles. The minimum atomic E-state index is -0.868. The van der Waals surface area contributed by atoms with E-state index in [4.69, 9.17) is 10.5 Å². The number of carbonyl (C=O) groups is 2. The van der Waals surface area contributed by atoms with Gasteiger partial charge in [-0.25, -0.2) is 4.79 Å². The minimum absolute atomic E-state index is 0. The monoisotopic (exact) mass is 268 g/mol. The highest BCUT2D eigenvalue weighted by atomic mass is 35.5. The summed E-state index contributed by atoms with van der Waals surface area (Å²) in [7, 11) is 0. The van der Waals surface area contributed by atoms with Crippen molar-refractivity contribution in [2.75, 3.05) is 13.2 Å². The second kappa shape index (κ2) is 8.14. The molecular formula is C10H21ClN2O4. The van der Waals surface area contributed by atoms with Crippen LogP contribution in [0.2, 0.25) is 0 Å². The second-order valence-corrected chi connectivity index (χ2v) is 4.24. The van der Waals surface area contributed by atoms with Crippen molar-refractivity contribution in [1.82, 2.24) is 5.32 Å². The van der Waals surface area contributed by atoms with E-state index in [1.807, 2.05) is 0 Å². The Morgan fingerprint density at radius 1 is 1.35 bits per heavy atom. The molecule has 1 amide bonds. The van der Waals surface area contributed by atoms with Gasteiger partial charge in [-0.3, -0.25) is 4.79 Å². The lowest BCUT2D eigenvalue weighted by Gasteiger charge is -2.20. The van der Waals surface area contributed by atoms with E-state index in [-0.39, 0.29) is 25.6 Å². The number of nitrogens with one attached hydrogen (secondary N) is 1. The highest BCUT2D eigenvalue weighted by Crippen LogP contribution is 2.06. The van der Waals surface area contributed by atoms with E-state index >= 15 is 0 Å². The van der Waals surface area contributed by atoms with Crippen LogP contribution >= 0.6 is 12.4 Å². The first-order valence-corrected chi connectivity index (χ1v) is 5.15. The molecule has 0 unspecified atom stereocenters. The standard InChI is InChI=1S/C10H20N2O4.ClH/c1-5-15-8(13)7(11)6-12-9(14)16-10(2,3)4;/h7H,5-6,11H2,1-4H3,(H,12,14);1H/t7-;/m0./s1. The van der Waals surface area contributed by atoms with Crippen molar-refractivity contribution in [3.05, 3.63) is 0 Å². The predicted molar refractivity (Wildman–Crippen MR) is 66.1 cm³/mol. The quantitative estimate of drug-likeness (QED) is 0.737. The number of rotatable bonds is 4. The zero-order valence-electron chi connectivity index (χ0n) is 10.6. The Kier molecular flexibility index (Phi) is 8.79. The van der Waals surface area contributed by atoms with E-state index in [1.165, 1.54) is 0 Å². The van der Waals surface area contributed by atoms with Crippen molar-refractivity contribution in [2.24, 2.45) is 5.73 Å². The molecular weight excluding hydrogens is 248 g/mol. The molecule has 0 heterocycles. The van der Waals surface area contributed by atoms with Crippen molar-refractivity contribution < 1.29 is 19.1 Å². The highest BCUT2D eigenvalue weighted by Gasteiger charge is 2.19. The SMILES string of the molecule is CCOC(=O)[C@@H](N)CNC(=O)OC(C)(C)C.Cl. The fourth-order valence-corrected chi connectivity index (χ4v) is 0.840. The number of amides is 1. The summed E-state index contributed by atoms with van der Waals surface area (Å²) in [5.74, 6) is -0.543. The van der Waals surface area contributed by atoms with Crippen LogP contribution < -0.4 is 11.1 Å². The molecule has 0 fully saturated rings. The molecule has 0 aromatic rings. The van der Waals surface area contributed by atoms with E-state index in [9.17, 15) is 9.59 Å². The minimum Gasteiger partial charge on any atom is -0.465 e. The Hall–Kier alpha value is -1.01. The molecule has 102 valence electrons. The lowest BCUT2D eigenvalue weighted by Crippen LogP contribution is -2.44. The average molecular weight is 269 g/mol. The molecule has 7 heteroatoms. The maximum absolute atomic E-state index is 11.2. The third-order valence-electron chi connectivity index (χ3n) is 1.45. The number of alkyl carbamates (subject to hydrolysis) is 1. The van der Waals surface area contributed by atoms with E-state index in [0.717, 1.165) is 0 Å². The summed E-state index contributed by atoms with van der Waals surface area (Å²) in [6.45, 7) is 7.19. The summed E-state index contributed by atoms with van der Waals surface area (Å²) in [5.41, 5.74) is 4.90. The molecule has 1 atom stereocenters. The third-order valence-corrected chi connectivity index (χ3v) is 1.45. The summed E-state index contributed by atoms with van der Waals surface area (Å²) >= 11 is 0. The lowest BCUT2D eigenvalue weighted by atomic mass is 10.2. The number of carbonyl (C=O) groups excluding carboxylic acids is 2. The number of nitrogens with two attached hydrogens (primary N) is 1. The molecule has 3 N–H and O–H groups in total. The van der Waals surface area contributed by atoms with Gasteiger partial charge >= 0.3 is 12.1 Å². The molecule has 0 aromatic carbocycles. The third kappa shape index (κ3) is 9.89. The van der Waals surface area contributed by atoms with Crippen LogP contribution in [0.4, 0.5) is 4.79 Å². The highest BCUT2D eigenvalue weighted by molar-refractivity contribution is 5.85. The van der Waals surface area contributed by atoms with Crippen molar-refractivity contribution >= 4 is 24.5 Å². The Morgan fingerprint density at radius 3 is 2.29 bits per heavy atom. The first-order valence-electron chi connectivity index (χ1n) is 5.15. The van der Waals surface area contributed by atoms with Crippen LogP contribution in [0.25, 0.3) is 0 Å². The van der Waals surface area contributed by atoms with Gasteiger partial charge in [-0.15, -0.1) is 12.4 Å². The van der Waals surface area contributed by atoms with Crippen LogP contribution in [0, 0.1) is 0 Å². The molecule has 17 heavy (non-hydrogen) atoms. The number of hydrogen-bond donors (Lipinski definition) is 2. The van der Waals surface area contributed by atoms with Crippen LogP contribution in [0.3, 0.4) is 0 Å². The lowest BCUT2D eigenvalue weighted by molar-refractivity contribution is -0.144. The van der Waals surface area contributed by atoms with Gasteiger partial charge < -0.3 is 20.5 Å². The van der Waals surface area contributed by atoms with Gasteiger partial charge in [0.25, 0.3) is 0 Å².